The van der Waals surface area contributed by atoms with Gasteiger partial charge in [-0.25, -0.2) is 4.39 Å². The molecule has 3 nitrogen and oxygen atoms in total. The number of halogens is 1. The van der Waals surface area contributed by atoms with Gasteiger partial charge in [-0.2, -0.15) is 0 Å². The highest BCUT2D eigenvalue weighted by Gasteiger charge is 2.34. The maximum Gasteiger partial charge on any atom is 0.220 e. The van der Waals surface area contributed by atoms with Crippen molar-refractivity contribution in [1.82, 2.24) is 5.32 Å². The van der Waals surface area contributed by atoms with Crippen LogP contribution >= 0.6 is 0 Å². The van der Waals surface area contributed by atoms with E-state index in [1.54, 1.807) is 0 Å². The van der Waals surface area contributed by atoms with Gasteiger partial charge >= 0.3 is 0 Å². The van der Waals surface area contributed by atoms with Gasteiger partial charge in [0.1, 0.15) is 6.67 Å². The van der Waals surface area contributed by atoms with E-state index in [4.69, 9.17) is 4.74 Å². The number of alkyl halides is 1. The molecule has 0 saturated carbocycles. The minimum Gasteiger partial charge on any atom is -0.381 e. The number of benzene rings is 1. The predicted molar refractivity (Wildman–Crippen MR) is 85.8 cm³/mol. The molecule has 1 fully saturated rings. The molecule has 2 rings (SSSR count). The second-order valence-electron chi connectivity index (χ2n) is 6.47. The summed E-state index contributed by atoms with van der Waals surface area (Å²) in [7, 11) is 0. The topological polar surface area (TPSA) is 38.3 Å². The first kappa shape index (κ1) is 16.9. The minimum absolute atomic E-state index is 0.0764. The first-order valence-corrected chi connectivity index (χ1v) is 8.08. The monoisotopic (exact) mass is 307 g/mol. The maximum absolute atomic E-state index is 13.3. The Bertz CT molecular complexity index is 478. The highest BCUT2D eigenvalue weighted by molar-refractivity contribution is 5.77. The molecule has 1 aromatic carbocycles. The van der Waals surface area contributed by atoms with Gasteiger partial charge in [0.05, 0.1) is 5.54 Å². The Balaban J connectivity index is 1.84. The number of carbonyl (C=O) groups excluding carboxylic acids is 1. The molecule has 1 aliphatic heterocycles. The molecule has 22 heavy (non-hydrogen) atoms. The molecule has 1 heterocycles. The minimum atomic E-state index is -0.711. The van der Waals surface area contributed by atoms with Crippen molar-refractivity contribution < 1.29 is 13.9 Å². The van der Waals surface area contributed by atoms with Gasteiger partial charge in [0, 0.05) is 19.6 Å². The van der Waals surface area contributed by atoms with Gasteiger partial charge in [-0.05, 0) is 36.3 Å². The van der Waals surface area contributed by atoms with Crippen LogP contribution in [0.3, 0.4) is 0 Å². The van der Waals surface area contributed by atoms with Crippen LogP contribution in [0.15, 0.2) is 24.3 Å². The Morgan fingerprint density at radius 2 is 1.91 bits per heavy atom. The van der Waals surface area contributed by atoms with Crippen LogP contribution in [0, 0.1) is 0 Å². The third-order valence-corrected chi connectivity index (χ3v) is 4.40. The summed E-state index contributed by atoms with van der Waals surface area (Å²) in [5, 5.41) is 2.89. The molecular formula is C18H26FNO2. The van der Waals surface area contributed by atoms with Crippen LogP contribution in [0.2, 0.25) is 0 Å². The predicted octanol–water partition coefficient (Wildman–Crippen LogP) is 3.38. The zero-order valence-electron chi connectivity index (χ0n) is 13.5. The number of nitrogens with one attached hydrogen (secondary N) is 1. The normalized spacial score (nSPS) is 17.5. The number of ether oxygens (including phenoxy) is 1. The van der Waals surface area contributed by atoms with Crippen molar-refractivity contribution in [3.05, 3.63) is 35.4 Å². The Hall–Kier alpha value is -1.42. The van der Waals surface area contributed by atoms with Gasteiger partial charge in [-0.3, -0.25) is 4.79 Å². The summed E-state index contributed by atoms with van der Waals surface area (Å²) >= 11 is 0. The summed E-state index contributed by atoms with van der Waals surface area (Å²) in [4.78, 5) is 12.1. The maximum atomic E-state index is 13.3. The molecule has 0 unspecified atom stereocenters. The molecule has 1 saturated heterocycles. The van der Waals surface area contributed by atoms with Gasteiger partial charge in [0.25, 0.3) is 0 Å². The van der Waals surface area contributed by atoms with Gasteiger partial charge in [0.2, 0.25) is 5.91 Å². The molecule has 122 valence electrons. The van der Waals surface area contributed by atoms with Gasteiger partial charge < -0.3 is 10.1 Å². The Morgan fingerprint density at radius 1 is 1.27 bits per heavy atom. The first-order valence-electron chi connectivity index (χ1n) is 8.08. The van der Waals surface area contributed by atoms with Crippen molar-refractivity contribution in [2.24, 2.45) is 0 Å². The van der Waals surface area contributed by atoms with Crippen LogP contribution in [0.1, 0.15) is 50.2 Å². The molecule has 1 N–H and O–H groups in total. The Labute approximate surface area is 132 Å². The lowest BCUT2D eigenvalue weighted by molar-refractivity contribution is -0.124. The largest absolute Gasteiger partial charge is 0.381 e. The van der Waals surface area contributed by atoms with Crippen LogP contribution in [-0.2, 0) is 16.0 Å². The second-order valence-corrected chi connectivity index (χ2v) is 6.47. The van der Waals surface area contributed by atoms with E-state index in [2.05, 4.69) is 43.4 Å². The van der Waals surface area contributed by atoms with E-state index in [-0.39, 0.29) is 5.91 Å². The highest BCUT2D eigenvalue weighted by atomic mass is 19.1. The third kappa shape index (κ3) is 4.54. The van der Waals surface area contributed by atoms with E-state index in [0.717, 1.165) is 5.56 Å². The average Bonchev–Trinajstić information content (AvgIpc) is 2.54. The molecule has 1 aliphatic rings. The number of carbonyl (C=O) groups is 1. The van der Waals surface area contributed by atoms with Crippen molar-refractivity contribution in [3.8, 4) is 0 Å². The molecular weight excluding hydrogens is 281 g/mol. The highest BCUT2D eigenvalue weighted by Crippen LogP contribution is 2.22. The molecule has 0 aliphatic carbocycles. The zero-order chi connectivity index (χ0) is 16.0. The van der Waals surface area contributed by atoms with E-state index in [9.17, 15) is 9.18 Å². The lowest BCUT2D eigenvalue weighted by Crippen LogP contribution is -2.53. The van der Waals surface area contributed by atoms with E-state index in [1.165, 1.54) is 5.56 Å². The van der Waals surface area contributed by atoms with Crippen molar-refractivity contribution in [2.75, 3.05) is 19.9 Å². The average molecular weight is 307 g/mol. The van der Waals surface area contributed by atoms with E-state index in [1.807, 2.05) is 0 Å². The molecule has 0 spiro atoms. The Morgan fingerprint density at radius 3 is 2.45 bits per heavy atom. The fourth-order valence-electron chi connectivity index (χ4n) is 2.74. The fraction of sp³-hybridized carbons (Fsp3) is 0.611. The lowest BCUT2D eigenvalue weighted by Gasteiger charge is -2.35. The summed E-state index contributed by atoms with van der Waals surface area (Å²) < 4.78 is 18.6. The van der Waals surface area contributed by atoms with Crippen LogP contribution in [-0.4, -0.2) is 31.3 Å². The van der Waals surface area contributed by atoms with Crippen molar-refractivity contribution >= 4 is 5.91 Å². The molecule has 1 amide bonds. The number of hydrogen-bond donors (Lipinski definition) is 1. The summed E-state index contributed by atoms with van der Waals surface area (Å²) in [6.07, 6.45) is 2.18. The number of rotatable bonds is 6. The molecule has 0 aromatic heterocycles. The van der Waals surface area contributed by atoms with Crippen molar-refractivity contribution in [2.45, 2.75) is 51.0 Å². The van der Waals surface area contributed by atoms with Crippen molar-refractivity contribution in [3.63, 3.8) is 0 Å². The van der Waals surface area contributed by atoms with E-state index < -0.39 is 12.2 Å². The quantitative estimate of drug-likeness (QED) is 0.875. The summed E-state index contributed by atoms with van der Waals surface area (Å²) in [6.45, 7) is 4.83. The molecule has 0 radical (unpaired) electrons. The van der Waals surface area contributed by atoms with Gasteiger partial charge in [0.15, 0.2) is 0 Å². The van der Waals surface area contributed by atoms with Crippen LogP contribution in [0.5, 0.6) is 0 Å². The van der Waals surface area contributed by atoms with Crippen molar-refractivity contribution in [1.29, 1.82) is 0 Å². The van der Waals surface area contributed by atoms with E-state index in [0.29, 0.717) is 44.8 Å². The fourth-order valence-corrected chi connectivity index (χ4v) is 2.74. The number of aryl methyl sites for hydroxylation is 1. The first-order chi connectivity index (χ1) is 10.5. The van der Waals surface area contributed by atoms with Gasteiger partial charge in [-0.1, -0.05) is 38.1 Å². The molecule has 0 atom stereocenters. The third-order valence-electron chi connectivity index (χ3n) is 4.40. The van der Waals surface area contributed by atoms with Crippen LogP contribution < -0.4 is 5.32 Å². The van der Waals surface area contributed by atoms with E-state index >= 15 is 0 Å². The zero-order valence-corrected chi connectivity index (χ0v) is 13.5. The number of hydrogen-bond acceptors (Lipinski definition) is 2. The van der Waals surface area contributed by atoms with Crippen LogP contribution in [0.25, 0.3) is 0 Å². The standard InChI is InChI=1S/C18H26FNO2/c1-14(2)16-6-3-15(4-7-16)5-8-17(21)20-18(13-19)9-11-22-12-10-18/h3-4,6-7,14H,5,8-13H2,1-2H3,(H,20,21). The lowest BCUT2D eigenvalue weighted by atomic mass is 9.91. The molecule has 0 bridgehead atoms. The summed E-state index contributed by atoms with van der Waals surface area (Å²) in [5.41, 5.74) is 1.73. The second kappa shape index (κ2) is 7.73. The molecule has 1 aromatic rings. The van der Waals surface area contributed by atoms with Gasteiger partial charge in [-0.15, -0.1) is 0 Å². The number of amides is 1. The smallest absolute Gasteiger partial charge is 0.220 e. The Kier molecular flexibility index (Phi) is 5.95. The summed E-state index contributed by atoms with van der Waals surface area (Å²) in [6, 6.07) is 8.36. The van der Waals surface area contributed by atoms with Crippen LogP contribution in [0.4, 0.5) is 4.39 Å². The summed E-state index contributed by atoms with van der Waals surface area (Å²) in [5.74, 6) is 0.433. The molecule has 4 heteroatoms. The SMILES string of the molecule is CC(C)c1ccc(CCC(=O)NC2(CF)CCOCC2)cc1.